The number of rotatable bonds is 9. The lowest BCUT2D eigenvalue weighted by Crippen LogP contribution is -2.42. The number of anilines is 1. The summed E-state index contributed by atoms with van der Waals surface area (Å²) in [5.41, 5.74) is -2.71. The van der Waals surface area contributed by atoms with Gasteiger partial charge in [-0.05, 0) is 43.3 Å². The number of carboxylic acids is 2. The standard InChI is InChI=1S/C14H7ClF3NO5.C14H15N5O6S/c15-10-5-7(14(16,17)18)1-4-12(10)24-8-2-3-11(19(22)23)9(6-8)13(20)21;1-8-15-12(17-13(16-8)25-3)19(2)14(22)18-26(23,24)10-7-5-4-6-9(10)11(20)21/h1-6H,(H,20,21);4-7H,1-3H3,(H,18,22)(H,20,21). The van der Waals surface area contributed by atoms with Crippen LogP contribution in [0.25, 0.3) is 0 Å². The Bertz CT molecular complexity index is 2080. The number of aromatic carboxylic acids is 2. The largest absolute Gasteiger partial charge is 0.478 e. The fourth-order valence-electron chi connectivity index (χ4n) is 3.69. The zero-order valence-corrected chi connectivity index (χ0v) is 27.1. The van der Waals surface area contributed by atoms with Crippen LogP contribution in [0.3, 0.4) is 0 Å². The van der Waals surface area contributed by atoms with E-state index < -0.39 is 66.4 Å². The first kappa shape index (κ1) is 38.4. The van der Waals surface area contributed by atoms with Crippen LogP contribution in [0.1, 0.15) is 32.1 Å². The number of aryl methyl sites for hydroxylation is 1. The quantitative estimate of drug-likeness (QED) is 0.148. The lowest BCUT2D eigenvalue weighted by molar-refractivity contribution is -0.385. The number of carbonyl (C=O) groups excluding carboxylic acids is 1. The Balaban J connectivity index is 0.000000271. The number of methoxy groups -OCH3 is 1. The summed E-state index contributed by atoms with van der Waals surface area (Å²) in [6.07, 6.45) is -4.58. The number of nitrogens with zero attached hydrogens (tertiary/aromatic N) is 5. The average Bonchev–Trinajstić information content (AvgIpc) is 3.04. The Hall–Kier alpha value is -6.09. The van der Waals surface area contributed by atoms with Crippen molar-refractivity contribution >= 4 is 51.2 Å². The molecule has 0 radical (unpaired) electrons. The molecule has 0 unspecified atom stereocenters. The molecule has 0 spiro atoms. The minimum Gasteiger partial charge on any atom is -0.478 e. The Morgan fingerprint density at radius 1 is 0.980 bits per heavy atom. The predicted octanol–water partition coefficient (Wildman–Crippen LogP) is 5.18. The van der Waals surface area contributed by atoms with Crippen LogP contribution in [0.4, 0.5) is 29.6 Å². The highest BCUT2D eigenvalue weighted by molar-refractivity contribution is 7.90. The Labute approximate surface area is 284 Å². The van der Waals surface area contributed by atoms with Crippen LogP contribution in [0.2, 0.25) is 5.02 Å². The monoisotopic (exact) mass is 742 g/mol. The summed E-state index contributed by atoms with van der Waals surface area (Å²) in [4.78, 5) is 56.3. The Morgan fingerprint density at radius 3 is 2.18 bits per heavy atom. The van der Waals surface area contributed by atoms with E-state index >= 15 is 0 Å². The molecule has 0 aliphatic carbocycles. The van der Waals surface area contributed by atoms with E-state index in [-0.39, 0.29) is 34.3 Å². The second kappa shape index (κ2) is 15.4. The van der Waals surface area contributed by atoms with E-state index in [4.69, 9.17) is 31.3 Å². The average molecular weight is 743 g/mol. The first-order chi connectivity index (χ1) is 23.2. The summed E-state index contributed by atoms with van der Waals surface area (Å²) in [5, 5.41) is 28.5. The van der Waals surface area contributed by atoms with Gasteiger partial charge >= 0.3 is 30.2 Å². The number of nitro benzene ring substituents is 1. The van der Waals surface area contributed by atoms with Gasteiger partial charge in [0.15, 0.2) is 0 Å². The van der Waals surface area contributed by atoms with Gasteiger partial charge in [-0.2, -0.15) is 28.1 Å². The van der Waals surface area contributed by atoms with Crippen LogP contribution in [-0.2, 0) is 16.2 Å². The third kappa shape index (κ3) is 9.50. The third-order valence-corrected chi connectivity index (χ3v) is 7.69. The molecule has 4 rings (SSSR count). The number of urea groups is 1. The van der Waals surface area contributed by atoms with Gasteiger partial charge in [0.1, 0.15) is 27.8 Å². The zero-order chi connectivity index (χ0) is 37.6. The summed E-state index contributed by atoms with van der Waals surface area (Å²) in [6.45, 7) is 1.54. The first-order valence-corrected chi connectivity index (χ1v) is 15.1. The molecule has 1 heterocycles. The highest BCUT2D eigenvalue weighted by Crippen LogP contribution is 2.37. The second-order valence-corrected chi connectivity index (χ2v) is 11.5. The normalized spacial score (nSPS) is 11.0. The van der Waals surface area contributed by atoms with Crippen LogP contribution >= 0.6 is 11.6 Å². The smallest absolute Gasteiger partial charge is 0.416 e. The van der Waals surface area contributed by atoms with Crippen molar-refractivity contribution in [1.82, 2.24) is 19.7 Å². The van der Waals surface area contributed by atoms with E-state index in [2.05, 4.69) is 15.0 Å². The Morgan fingerprint density at radius 2 is 1.62 bits per heavy atom. The fraction of sp³-hybridized carbons (Fsp3) is 0.143. The Kier molecular flexibility index (Phi) is 11.8. The molecule has 50 heavy (non-hydrogen) atoms. The lowest BCUT2D eigenvalue weighted by atomic mass is 10.1. The molecule has 2 amide bonds. The number of amides is 2. The van der Waals surface area contributed by atoms with Crippen LogP contribution in [0, 0.1) is 17.0 Å². The van der Waals surface area contributed by atoms with Crippen molar-refractivity contribution in [3.8, 4) is 17.5 Å². The molecule has 3 N–H and O–H groups in total. The number of hydrogen-bond acceptors (Lipinski definition) is 12. The van der Waals surface area contributed by atoms with Gasteiger partial charge in [0.2, 0.25) is 5.95 Å². The molecule has 0 atom stereocenters. The number of nitrogens with one attached hydrogen (secondary N) is 1. The van der Waals surface area contributed by atoms with Gasteiger partial charge in [-0.1, -0.05) is 23.7 Å². The van der Waals surface area contributed by atoms with Crippen LogP contribution < -0.4 is 19.1 Å². The molecule has 0 bridgehead atoms. The SMILES string of the molecule is COc1nc(C)nc(N(C)C(=O)NS(=O)(=O)c2ccccc2C(=O)O)n1.O=C(O)c1cc(Oc2ccc(C(F)(F)F)cc2Cl)ccc1[N+](=O)[O-]. The maximum atomic E-state index is 12.6. The molecular formula is C28H22ClF3N6O11S. The van der Waals surface area contributed by atoms with E-state index in [0.29, 0.717) is 6.07 Å². The summed E-state index contributed by atoms with van der Waals surface area (Å²) < 4.78 is 74.3. The van der Waals surface area contributed by atoms with Gasteiger partial charge in [0, 0.05) is 19.2 Å². The van der Waals surface area contributed by atoms with Crippen LogP contribution in [0.5, 0.6) is 17.5 Å². The number of ether oxygens (including phenoxy) is 2. The van der Waals surface area contributed by atoms with Gasteiger partial charge in [0.25, 0.3) is 15.7 Å². The van der Waals surface area contributed by atoms with Gasteiger partial charge in [-0.15, -0.1) is 0 Å². The number of carbonyl (C=O) groups is 3. The van der Waals surface area contributed by atoms with Crippen molar-refractivity contribution in [2.24, 2.45) is 0 Å². The highest BCUT2D eigenvalue weighted by atomic mass is 35.5. The molecule has 1 aromatic heterocycles. The molecule has 264 valence electrons. The summed E-state index contributed by atoms with van der Waals surface area (Å²) in [5.74, 6) is -3.16. The topological polar surface area (TPSA) is 241 Å². The van der Waals surface area contributed by atoms with E-state index in [9.17, 15) is 46.1 Å². The molecule has 4 aromatic rings. The van der Waals surface area contributed by atoms with Gasteiger partial charge in [0.05, 0.1) is 28.2 Å². The predicted molar refractivity (Wildman–Crippen MR) is 165 cm³/mol. The molecule has 3 aromatic carbocycles. The molecular weight excluding hydrogens is 721 g/mol. The summed E-state index contributed by atoms with van der Waals surface area (Å²) >= 11 is 5.72. The number of sulfonamides is 1. The van der Waals surface area contributed by atoms with Gasteiger partial charge in [-0.3, -0.25) is 15.0 Å². The van der Waals surface area contributed by atoms with Crippen LogP contribution in [-0.4, -0.2) is 70.6 Å². The molecule has 0 aliphatic rings. The zero-order valence-electron chi connectivity index (χ0n) is 25.5. The number of benzene rings is 3. The van der Waals surface area contributed by atoms with Crippen molar-refractivity contribution in [2.45, 2.75) is 18.0 Å². The van der Waals surface area contributed by atoms with Gasteiger partial charge in [-0.25, -0.2) is 27.5 Å². The van der Waals surface area contributed by atoms with Crippen molar-refractivity contribution in [3.05, 3.63) is 98.3 Å². The number of carboxylic acid groups (broad SMARTS) is 2. The number of hydrogen-bond donors (Lipinski definition) is 3. The molecule has 0 saturated carbocycles. The number of nitro groups is 1. The van der Waals surface area contributed by atoms with Crippen molar-refractivity contribution in [3.63, 3.8) is 0 Å². The molecule has 17 nitrogen and oxygen atoms in total. The van der Waals surface area contributed by atoms with Crippen LogP contribution in [0.15, 0.2) is 65.6 Å². The third-order valence-electron chi connectivity index (χ3n) is 6.01. The number of alkyl halides is 3. The highest BCUT2D eigenvalue weighted by Gasteiger charge is 2.31. The maximum Gasteiger partial charge on any atom is 0.416 e. The minimum atomic E-state index is -4.58. The summed E-state index contributed by atoms with van der Waals surface area (Å²) in [6, 6.07) is 9.04. The minimum absolute atomic E-state index is 0.0498. The number of aromatic nitrogens is 3. The number of halogens is 4. The summed E-state index contributed by atoms with van der Waals surface area (Å²) in [7, 11) is -1.87. The van der Waals surface area contributed by atoms with E-state index in [0.717, 1.165) is 47.4 Å². The molecule has 0 aliphatic heterocycles. The van der Waals surface area contributed by atoms with Crippen molar-refractivity contribution < 1.29 is 60.6 Å². The molecule has 0 fully saturated rings. The van der Waals surface area contributed by atoms with Crippen molar-refractivity contribution in [2.75, 3.05) is 19.1 Å². The first-order valence-electron chi connectivity index (χ1n) is 13.2. The molecule has 22 heteroatoms. The van der Waals surface area contributed by atoms with E-state index in [1.165, 1.54) is 26.3 Å². The lowest BCUT2D eigenvalue weighted by Gasteiger charge is -2.17. The van der Waals surface area contributed by atoms with E-state index in [1.807, 2.05) is 0 Å². The van der Waals surface area contributed by atoms with Crippen molar-refractivity contribution in [1.29, 1.82) is 0 Å². The van der Waals surface area contributed by atoms with E-state index in [1.54, 1.807) is 11.6 Å². The second-order valence-electron chi connectivity index (χ2n) is 9.43. The maximum absolute atomic E-state index is 12.6. The van der Waals surface area contributed by atoms with Gasteiger partial charge < -0.3 is 19.7 Å². The fourth-order valence-corrected chi connectivity index (χ4v) is 5.09. The molecule has 0 saturated heterocycles.